The molecule has 4 rings (SSSR count). The standard InChI is InChI=1S/C30H46N2O6Si/c1-9-16-36-28(34)26-24-20(18-31(21-14-15-21)29(35)37-17-10-2)12-11-13-22(24)25-23(27(33)32(25)26)19(3)38-39(7,8)30(4,5)6/h9-10,19-23,25H,1-2,11-18H2,3-8H3/t19-,20+,22-,23-,25-/m1/s1. The Labute approximate surface area is 234 Å². The molecule has 5 atom stereocenters. The van der Waals surface area contributed by atoms with Gasteiger partial charge in [0, 0.05) is 24.4 Å². The van der Waals surface area contributed by atoms with E-state index in [2.05, 4.69) is 47.0 Å². The third-order valence-corrected chi connectivity index (χ3v) is 13.9. The maximum absolute atomic E-state index is 13.7. The highest BCUT2D eigenvalue weighted by Gasteiger charge is 2.63. The Balaban J connectivity index is 1.64. The molecule has 4 aliphatic rings. The Morgan fingerprint density at radius 2 is 1.74 bits per heavy atom. The van der Waals surface area contributed by atoms with Gasteiger partial charge in [-0.25, -0.2) is 9.59 Å². The number of ether oxygens (including phenoxy) is 2. The molecule has 2 aliphatic heterocycles. The van der Waals surface area contributed by atoms with Crippen molar-refractivity contribution in [2.24, 2.45) is 17.8 Å². The SMILES string of the molecule is C=CCOC(=O)C1=C2[C@H](CN(C(=O)OCC=C)C3CC3)CCC[C@H]2[C@@H]2[C@@H]([C@@H](C)O[Si](C)(C)C(C)(C)C)C(=O)N12. The Morgan fingerprint density at radius 1 is 1.10 bits per heavy atom. The highest BCUT2D eigenvalue weighted by molar-refractivity contribution is 6.74. The summed E-state index contributed by atoms with van der Waals surface area (Å²) < 4.78 is 17.6. The van der Waals surface area contributed by atoms with Crippen molar-refractivity contribution in [3.05, 3.63) is 36.6 Å². The molecule has 2 heterocycles. The molecule has 8 nitrogen and oxygen atoms in total. The summed E-state index contributed by atoms with van der Waals surface area (Å²) in [5, 5.41) is 0.0227. The number of esters is 1. The number of hydrogen-bond acceptors (Lipinski definition) is 6. The van der Waals surface area contributed by atoms with E-state index >= 15 is 0 Å². The van der Waals surface area contributed by atoms with E-state index < -0.39 is 14.3 Å². The third-order valence-electron chi connectivity index (χ3n) is 9.30. The zero-order valence-electron chi connectivity index (χ0n) is 24.5. The smallest absolute Gasteiger partial charge is 0.410 e. The van der Waals surface area contributed by atoms with Crippen LogP contribution in [-0.2, 0) is 23.5 Å². The van der Waals surface area contributed by atoms with Crippen LogP contribution >= 0.6 is 0 Å². The maximum atomic E-state index is 13.7. The van der Waals surface area contributed by atoms with E-state index in [1.165, 1.54) is 6.08 Å². The van der Waals surface area contributed by atoms with Gasteiger partial charge in [0.1, 0.15) is 18.9 Å². The van der Waals surface area contributed by atoms with Gasteiger partial charge in [-0.05, 0) is 56.3 Å². The molecule has 39 heavy (non-hydrogen) atoms. The molecule has 3 fully saturated rings. The van der Waals surface area contributed by atoms with Gasteiger partial charge in [-0.3, -0.25) is 4.79 Å². The number of carbonyl (C=O) groups is 3. The lowest BCUT2D eigenvalue weighted by atomic mass is 9.69. The van der Waals surface area contributed by atoms with Crippen LogP contribution < -0.4 is 0 Å². The van der Waals surface area contributed by atoms with E-state index in [-0.39, 0.29) is 66.2 Å². The normalized spacial score (nSPS) is 27.2. The fourth-order valence-electron chi connectivity index (χ4n) is 6.29. The summed E-state index contributed by atoms with van der Waals surface area (Å²) in [6.07, 6.45) is 7.11. The number of rotatable bonds is 11. The topological polar surface area (TPSA) is 85.4 Å². The molecular weight excluding hydrogens is 512 g/mol. The van der Waals surface area contributed by atoms with Gasteiger partial charge in [0.25, 0.3) is 0 Å². The van der Waals surface area contributed by atoms with Crippen LogP contribution in [0.3, 0.4) is 0 Å². The summed E-state index contributed by atoms with van der Waals surface area (Å²) in [5.41, 5.74) is 1.35. The first-order chi connectivity index (χ1) is 18.3. The number of fused-ring (bicyclic) bond motifs is 3. The summed E-state index contributed by atoms with van der Waals surface area (Å²) in [4.78, 5) is 43.6. The van der Waals surface area contributed by atoms with E-state index in [1.54, 1.807) is 11.0 Å². The minimum absolute atomic E-state index is 0.0227. The van der Waals surface area contributed by atoms with Crippen molar-refractivity contribution < 1.29 is 28.3 Å². The first-order valence-corrected chi connectivity index (χ1v) is 17.3. The van der Waals surface area contributed by atoms with Gasteiger partial charge in [0.05, 0.1) is 18.1 Å². The second-order valence-electron chi connectivity index (χ2n) is 13.0. The van der Waals surface area contributed by atoms with Gasteiger partial charge < -0.3 is 23.7 Å². The Hall–Kier alpha value is -2.39. The van der Waals surface area contributed by atoms with Crippen LogP contribution in [0.2, 0.25) is 18.1 Å². The fraction of sp³-hybridized carbons (Fsp3) is 0.700. The molecule has 0 aromatic heterocycles. The molecule has 2 aliphatic carbocycles. The molecule has 9 heteroatoms. The zero-order chi connectivity index (χ0) is 28.7. The quantitative estimate of drug-likeness (QED) is 0.146. The van der Waals surface area contributed by atoms with Crippen LogP contribution in [0.1, 0.15) is 59.8 Å². The summed E-state index contributed by atoms with van der Waals surface area (Å²) >= 11 is 0. The number of hydrogen-bond donors (Lipinski definition) is 0. The molecule has 0 aromatic rings. The predicted molar refractivity (Wildman–Crippen MR) is 152 cm³/mol. The van der Waals surface area contributed by atoms with E-state index in [9.17, 15) is 14.4 Å². The van der Waals surface area contributed by atoms with Gasteiger partial charge in [0.2, 0.25) is 5.91 Å². The van der Waals surface area contributed by atoms with E-state index in [0.29, 0.717) is 12.2 Å². The van der Waals surface area contributed by atoms with Crippen molar-refractivity contribution in [3.63, 3.8) is 0 Å². The second kappa shape index (κ2) is 11.2. The molecule has 216 valence electrons. The summed E-state index contributed by atoms with van der Waals surface area (Å²) in [6, 6.07) is 0.0359. The van der Waals surface area contributed by atoms with Gasteiger partial charge >= 0.3 is 12.1 Å². The van der Waals surface area contributed by atoms with Crippen LogP contribution in [0.4, 0.5) is 4.79 Å². The van der Waals surface area contributed by atoms with Gasteiger partial charge in [-0.2, -0.15) is 0 Å². The van der Waals surface area contributed by atoms with Gasteiger partial charge in [-0.1, -0.05) is 52.5 Å². The van der Waals surface area contributed by atoms with Crippen molar-refractivity contribution in [2.75, 3.05) is 19.8 Å². The largest absolute Gasteiger partial charge is 0.457 e. The maximum Gasteiger partial charge on any atom is 0.410 e. The van der Waals surface area contributed by atoms with Crippen molar-refractivity contribution in [1.82, 2.24) is 9.80 Å². The molecular formula is C30H46N2O6Si. The molecule has 2 amide bonds. The Bertz CT molecular complexity index is 1040. The lowest BCUT2D eigenvalue weighted by Gasteiger charge is -2.51. The lowest BCUT2D eigenvalue weighted by Crippen LogP contribution is -2.65. The summed E-state index contributed by atoms with van der Waals surface area (Å²) in [6.45, 7) is 21.0. The first-order valence-electron chi connectivity index (χ1n) is 14.4. The highest BCUT2D eigenvalue weighted by atomic mass is 28.4. The van der Waals surface area contributed by atoms with E-state index in [4.69, 9.17) is 13.9 Å². The van der Waals surface area contributed by atoms with Crippen molar-refractivity contribution >= 4 is 26.3 Å². The monoisotopic (exact) mass is 558 g/mol. The molecule has 1 saturated heterocycles. The van der Waals surface area contributed by atoms with E-state index in [0.717, 1.165) is 37.7 Å². The number of amides is 2. The molecule has 0 aromatic carbocycles. The number of carbonyl (C=O) groups excluding carboxylic acids is 3. The molecule has 0 spiro atoms. The van der Waals surface area contributed by atoms with Gasteiger partial charge in [-0.15, -0.1) is 0 Å². The molecule has 0 N–H and O–H groups in total. The Morgan fingerprint density at radius 3 is 2.33 bits per heavy atom. The Kier molecular flexibility index (Phi) is 8.52. The average Bonchev–Trinajstić information content (AvgIpc) is 3.65. The van der Waals surface area contributed by atoms with Crippen LogP contribution in [0, 0.1) is 17.8 Å². The van der Waals surface area contributed by atoms with Crippen molar-refractivity contribution in [3.8, 4) is 0 Å². The predicted octanol–water partition coefficient (Wildman–Crippen LogP) is 5.42. The fourth-order valence-corrected chi connectivity index (χ4v) is 7.72. The van der Waals surface area contributed by atoms with Crippen LogP contribution in [0.5, 0.6) is 0 Å². The third kappa shape index (κ3) is 5.62. The minimum atomic E-state index is -2.10. The minimum Gasteiger partial charge on any atom is -0.457 e. The van der Waals surface area contributed by atoms with Crippen molar-refractivity contribution in [2.45, 2.75) is 96.1 Å². The lowest BCUT2D eigenvalue weighted by molar-refractivity contribution is -0.163. The summed E-state index contributed by atoms with van der Waals surface area (Å²) in [7, 11) is -2.10. The number of β-lactam (4-membered cyclic amide) rings is 1. The zero-order valence-corrected chi connectivity index (χ0v) is 25.5. The molecule has 0 radical (unpaired) electrons. The van der Waals surface area contributed by atoms with E-state index in [1.807, 2.05) is 11.8 Å². The highest BCUT2D eigenvalue weighted by Crippen LogP contribution is 2.55. The van der Waals surface area contributed by atoms with Crippen LogP contribution in [0.15, 0.2) is 36.6 Å². The molecule has 0 unspecified atom stereocenters. The second-order valence-corrected chi connectivity index (χ2v) is 17.7. The van der Waals surface area contributed by atoms with Gasteiger partial charge in [0.15, 0.2) is 8.32 Å². The summed E-state index contributed by atoms with van der Waals surface area (Å²) in [5.74, 6) is -0.848. The van der Waals surface area contributed by atoms with Crippen LogP contribution in [0.25, 0.3) is 0 Å². The molecule has 0 bridgehead atoms. The average molecular weight is 559 g/mol. The first kappa shape index (κ1) is 29.6. The van der Waals surface area contributed by atoms with Crippen LogP contribution in [-0.4, -0.2) is 74.0 Å². The molecule has 2 saturated carbocycles. The van der Waals surface area contributed by atoms with Crippen molar-refractivity contribution in [1.29, 1.82) is 0 Å². The number of nitrogens with zero attached hydrogens (tertiary/aromatic N) is 2.